The fourth-order valence-corrected chi connectivity index (χ4v) is 2.38. The van der Waals surface area contributed by atoms with Crippen LogP contribution >= 0.6 is 0 Å². The van der Waals surface area contributed by atoms with Crippen LogP contribution < -0.4 is 0 Å². The summed E-state index contributed by atoms with van der Waals surface area (Å²) in [6.45, 7) is 12.8. The lowest BCUT2D eigenvalue weighted by Gasteiger charge is -2.37. The molecule has 126 valence electrons. The number of hydrogen-bond acceptors (Lipinski definition) is 6. The summed E-state index contributed by atoms with van der Waals surface area (Å²) in [5, 5.41) is 9.82. The van der Waals surface area contributed by atoms with Gasteiger partial charge in [-0.3, -0.25) is 9.80 Å². The average molecular weight is 304 g/mol. The Bertz CT molecular complexity index is 251. The van der Waals surface area contributed by atoms with E-state index in [1.165, 1.54) is 0 Å². The first-order valence-corrected chi connectivity index (χ1v) is 7.83. The standard InChI is InChI=1S/C15H32N2O4/c1-15(2,18)14-17-6-4-16(5-7-17)8-9-20-12-13-21-11-10-19-3/h18H,4-14H2,1-3H3. The summed E-state index contributed by atoms with van der Waals surface area (Å²) < 4.78 is 15.8. The highest BCUT2D eigenvalue weighted by Crippen LogP contribution is 2.08. The quantitative estimate of drug-likeness (QED) is 0.545. The van der Waals surface area contributed by atoms with Gasteiger partial charge in [-0.1, -0.05) is 0 Å². The molecule has 1 rings (SSSR count). The molecule has 0 spiro atoms. The van der Waals surface area contributed by atoms with Gasteiger partial charge in [-0.15, -0.1) is 0 Å². The molecule has 21 heavy (non-hydrogen) atoms. The minimum absolute atomic E-state index is 0.603. The minimum atomic E-state index is -0.603. The molecular formula is C15H32N2O4. The molecule has 1 fully saturated rings. The third-order valence-electron chi connectivity index (χ3n) is 3.43. The second kappa shape index (κ2) is 10.5. The van der Waals surface area contributed by atoms with Crippen molar-refractivity contribution < 1.29 is 19.3 Å². The first kappa shape index (κ1) is 18.8. The fourth-order valence-electron chi connectivity index (χ4n) is 2.38. The van der Waals surface area contributed by atoms with Crippen LogP contribution in [0.1, 0.15) is 13.8 Å². The number of β-amino-alcohol motifs (C(OH)–C–C–N with tert-alkyl or cyclic N) is 1. The normalized spacial score (nSPS) is 18.3. The molecule has 6 heteroatoms. The number of hydrogen-bond donors (Lipinski definition) is 1. The molecule has 0 unspecified atom stereocenters. The number of ether oxygens (including phenoxy) is 3. The van der Waals surface area contributed by atoms with E-state index in [1.807, 2.05) is 13.8 Å². The second-order valence-electron chi connectivity index (χ2n) is 6.15. The van der Waals surface area contributed by atoms with E-state index in [4.69, 9.17) is 14.2 Å². The molecule has 1 aliphatic rings. The predicted molar refractivity (Wildman–Crippen MR) is 82.7 cm³/mol. The molecular weight excluding hydrogens is 272 g/mol. The molecule has 0 aromatic rings. The lowest BCUT2D eigenvalue weighted by atomic mass is 10.1. The zero-order valence-corrected chi connectivity index (χ0v) is 13.8. The highest BCUT2D eigenvalue weighted by atomic mass is 16.5. The van der Waals surface area contributed by atoms with Crippen molar-refractivity contribution in [2.24, 2.45) is 0 Å². The summed E-state index contributed by atoms with van der Waals surface area (Å²) in [6, 6.07) is 0. The molecule has 0 atom stereocenters. The topological polar surface area (TPSA) is 54.4 Å². The van der Waals surface area contributed by atoms with E-state index in [0.717, 1.165) is 45.9 Å². The first-order valence-electron chi connectivity index (χ1n) is 7.83. The van der Waals surface area contributed by atoms with E-state index in [-0.39, 0.29) is 0 Å². The summed E-state index contributed by atoms with van der Waals surface area (Å²) >= 11 is 0. The fraction of sp³-hybridized carbons (Fsp3) is 1.00. The smallest absolute Gasteiger partial charge is 0.0718 e. The summed E-state index contributed by atoms with van der Waals surface area (Å²) in [5.74, 6) is 0. The maximum atomic E-state index is 9.82. The molecule has 1 heterocycles. The minimum Gasteiger partial charge on any atom is -0.389 e. The lowest BCUT2D eigenvalue weighted by molar-refractivity contribution is 0.00330. The molecule has 1 saturated heterocycles. The Morgan fingerprint density at radius 3 is 1.95 bits per heavy atom. The van der Waals surface area contributed by atoms with E-state index >= 15 is 0 Å². The SMILES string of the molecule is COCCOCCOCCN1CCN(CC(C)(C)O)CC1. The average Bonchev–Trinajstić information content (AvgIpc) is 2.42. The second-order valence-corrected chi connectivity index (χ2v) is 6.15. The van der Waals surface area contributed by atoms with Gasteiger partial charge in [0.25, 0.3) is 0 Å². The molecule has 0 aromatic carbocycles. The van der Waals surface area contributed by atoms with Crippen molar-refractivity contribution in [1.82, 2.24) is 9.80 Å². The summed E-state index contributed by atoms with van der Waals surface area (Å²) in [7, 11) is 1.67. The molecule has 0 saturated carbocycles. The summed E-state index contributed by atoms with van der Waals surface area (Å²) in [4.78, 5) is 4.73. The van der Waals surface area contributed by atoms with E-state index in [0.29, 0.717) is 26.4 Å². The van der Waals surface area contributed by atoms with Gasteiger partial charge in [0.05, 0.1) is 38.6 Å². The number of piperazine rings is 1. The van der Waals surface area contributed by atoms with Crippen LogP contribution in [0.25, 0.3) is 0 Å². The van der Waals surface area contributed by atoms with Crippen molar-refractivity contribution in [3.8, 4) is 0 Å². The van der Waals surface area contributed by atoms with Crippen molar-refractivity contribution in [1.29, 1.82) is 0 Å². The zero-order valence-electron chi connectivity index (χ0n) is 13.8. The van der Waals surface area contributed by atoms with Crippen molar-refractivity contribution in [3.05, 3.63) is 0 Å². The number of methoxy groups -OCH3 is 1. The van der Waals surface area contributed by atoms with E-state index in [9.17, 15) is 5.11 Å². The zero-order chi connectivity index (χ0) is 15.6. The Morgan fingerprint density at radius 1 is 0.857 bits per heavy atom. The highest BCUT2D eigenvalue weighted by molar-refractivity contribution is 4.77. The molecule has 1 aliphatic heterocycles. The van der Waals surface area contributed by atoms with E-state index < -0.39 is 5.60 Å². The number of rotatable bonds is 11. The molecule has 0 aromatic heterocycles. The van der Waals surface area contributed by atoms with Gasteiger partial charge in [0.15, 0.2) is 0 Å². The van der Waals surface area contributed by atoms with Gasteiger partial charge in [-0.2, -0.15) is 0 Å². The Morgan fingerprint density at radius 2 is 1.38 bits per heavy atom. The van der Waals surface area contributed by atoms with Gasteiger partial charge in [0.2, 0.25) is 0 Å². The third kappa shape index (κ3) is 10.2. The molecule has 1 N–H and O–H groups in total. The largest absolute Gasteiger partial charge is 0.389 e. The molecule has 0 amide bonds. The van der Waals surface area contributed by atoms with Crippen molar-refractivity contribution in [3.63, 3.8) is 0 Å². The van der Waals surface area contributed by atoms with Gasteiger partial charge < -0.3 is 19.3 Å². The van der Waals surface area contributed by atoms with Crippen LogP contribution in [0.5, 0.6) is 0 Å². The Kier molecular flexibility index (Phi) is 9.39. The van der Waals surface area contributed by atoms with Crippen molar-refractivity contribution >= 4 is 0 Å². The van der Waals surface area contributed by atoms with Crippen LogP contribution in [-0.2, 0) is 14.2 Å². The number of aliphatic hydroxyl groups is 1. The van der Waals surface area contributed by atoms with Crippen LogP contribution in [0.15, 0.2) is 0 Å². The van der Waals surface area contributed by atoms with Crippen molar-refractivity contribution in [2.75, 3.05) is 79.4 Å². The van der Waals surface area contributed by atoms with Crippen molar-refractivity contribution in [2.45, 2.75) is 19.4 Å². The van der Waals surface area contributed by atoms with Gasteiger partial charge in [-0.25, -0.2) is 0 Å². The molecule has 0 aliphatic carbocycles. The van der Waals surface area contributed by atoms with Crippen LogP contribution in [-0.4, -0.2) is 99.9 Å². The highest BCUT2D eigenvalue weighted by Gasteiger charge is 2.22. The summed E-state index contributed by atoms with van der Waals surface area (Å²) in [5.41, 5.74) is -0.603. The molecule has 6 nitrogen and oxygen atoms in total. The number of nitrogens with zero attached hydrogens (tertiary/aromatic N) is 2. The third-order valence-corrected chi connectivity index (χ3v) is 3.43. The Balaban J connectivity index is 1.94. The predicted octanol–water partition coefficient (Wildman–Crippen LogP) is 0.0545. The van der Waals surface area contributed by atoms with Gasteiger partial charge in [0, 0.05) is 46.4 Å². The van der Waals surface area contributed by atoms with Gasteiger partial charge in [-0.05, 0) is 13.8 Å². The van der Waals surface area contributed by atoms with Crippen LogP contribution in [0.2, 0.25) is 0 Å². The van der Waals surface area contributed by atoms with Crippen LogP contribution in [0, 0.1) is 0 Å². The van der Waals surface area contributed by atoms with E-state index in [2.05, 4.69) is 9.80 Å². The molecule has 0 radical (unpaired) electrons. The maximum absolute atomic E-state index is 9.82. The maximum Gasteiger partial charge on any atom is 0.0718 e. The first-order chi connectivity index (χ1) is 10.0. The van der Waals surface area contributed by atoms with Crippen LogP contribution in [0.3, 0.4) is 0 Å². The lowest BCUT2D eigenvalue weighted by Crippen LogP contribution is -2.51. The van der Waals surface area contributed by atoms with E-state index in [1.54, 1.807) is 7.11 Å². The van der Waals surface area contributed by atoms with Gasteiger partial charge >= 0.3 is 0 Å². The Hall–Kier alpha value is -0.240. The molecule has 0 bridgehead atoms. The Labute approximate surface area is 128 Å². The van der Waals surface area contributed by atoms with Gasteiger partial charge in [0.1, 0.15) is 0 Å². The van der Waals surface area contributed by atoms with Crippen LogP contribution in [0.4, 0.5) is 0 Å². The monoisotopic (exact) mass is 304 g/mol. The summed E-state index contributed by atoms with van der Waals surface area (Å²) in [6.07, 6.45) is 0.